The van der Waals surface area contributed by atoms with E-state index >= 15 is 0 Å². The molecular formula is C20H29NO3S. The molecule has 2 rings (SSSR count). The summed E-state index contributed by atoms with van der Waals surface area (Å²) >= 11 is 1.66. The lowest BCUT2D eigenvalue weighted by molar-refractivity contribution is 0.0949. The normalized spacial score (nSPS) is 14.8. The van der Waals surface area contributed by atoms with E-state index < -0.39 is 11.6 Å². The summed E-state index contributed by atoms with van der Waals surface area (Å²) in [5.74, 6) is 1.70. The molecule has 138 valence electrons. The number of aliphatic hydroxyl groups is 1. The first kappa shape index (κ1) is 19.8. The number of benzene rings is 1. The number of unbranched alkanes of at least 4 members (excludes halogenated alkanes) is 1. The summed E-state index contributed by atoms with van der Waals surface area (Å²) in [6, 6.07) is 11.7. The summed E-state index contributed by atoms with van der Waals surface area (Å²) in [5.41, 5.74) is 5.57. The first-order valence-electron chi connectivity index (χ1n) is 8.78. The van der Waals surface area contributed by atoms with E-state index in [0.717, 1.165) is 42.1 Å². The monoisotopic (exact) mass is 363 g/mol. The minimum Gasteiger partial charge on any atom is -0.497 e. The Balaban J connectivity index is 1.71. The van der Waals surface area contributed by atoms with Crippen LogP contribution in [-0.4, -0.2) is 24.4 Å². The van der Waals surface area contributed by atoms with Crippen molar-refractivity contribution in [3.8, 4) is 11.5 Å². The first-order valence-corrected chi connectivity index (χ1v) is 9.60. The molecule has 1 heterocycles. The van der Waals surface area contributed by atoms with Gasteiger partial charge in [0.05, 0.1) is 13.7 Å². The Bertz CT molecular complexity index is 637. The van der Waals surface area contributed by atoms with E-state index in [0.29, 0.717) is 6.61 Å². The maximum atomic E-state index is 10.4. The van der Waals surface area contributed by atoms with Crippen LogP contribution in [0.2, 0.25) is 0 Å². The minimum absolute atomic E-state index is 0.575. The van der Waals surface area contributed by atoms with Crippen molar-refractivity contribution in [3.05, 3.63) is 46.2 Å². The number of rotatable bonds is 10. The molecule has 0 spiro atoms. The van der Waals surface area contributed by atoms with Crippen LogP contribution in [0.5, 0.6) is 11.5 Å². The molecule has 25 heavy (non-hydrogen) atoms. The van der Waals surface area contributed by atoms with E-state index in [2.05, 4.69) is 6.07 Å². The standard InChI is InChI=1S/C20H29NO3S/c1-4-20(2,21)19(22)18-13-12-17(25-18)7-5-6-14-24-16-10-8-15(23-3)9-11-16/h8-13,19,22H,4-7,14,21H2,1-3H3. The van der Waals surface area contributed by atoms with Crippen molar-refractivity contribution in [3.63, 3.8) is 0 Å². The number of hydrogen-bond acceptors (Lipinski definition) is 5. The van der Waals surface area contributed by atoms with Crippen molar-refractivity contribution in [1.82, 2.24) is 0 Å². The molecule has 0 bridgehead atoms. The SMILES string of the molecule is CCC(C)(N)C(O)c1ccc(CCCCOc2ccc(OC)cc2)s1. The lowest BCUT2D eigenvalue weighted by Gasteiger charge is -2.28. The van der Waals surface area contributed by atoms with Gasteiger partial charge in [-0.3, -0.25) is 0 Å². The van der Waals surface area contributed by atoms with Gasteiger partial charge in [-0.05, 0) is 69.0 Å². The predicted octanol–water partition coefficient (Wildman–Crippen LogP) is 4.32. The van der Waals surface area contributed by atoms with Crippen LogP contribution in [0.4, 0.5) is 0 Å². The molecule has 4 nitrogen and oxygen atoms in total. The Morgan fingerprint density at radius 3 is 2.44 bits per heavy atom. The number of hydrogen-bond donors (Lipinski definition) is 2. The molecule has 3 N–H and O–H groups in total. The van der Waals surface area contributed by atoms with Gasteiger partial charge in [0.15, 0.2) is 0 Å². The Kier molecular flexibility index (Phi) is 7.29. The maximum absolute atomic E-state index is 10.4. The lowest BCUT2D eigenvalue weighted by atomic mass is 9.92. The van der Waals surface area contributed by atoms with Crippen LogP contribution in [0.25, 0.3) is 0 Å². The van der Waals surface area contributed by atoms with E-state index in [1.807, 2.05) is 44.2 Å². The zero-order chi connectivity index (χ0) is 18.3. The molecule has 2 aromatic rings. The van der Waals surface area contributed by atoms with E-state index in [4.69, 9.17) is 15.2 Å². The average Bonchev–Trinajstić information content (AvgIpc) is 3.10. The van der Waals surface area contributed by atoms with Crippen molar-refractivity contribution in [1.29, 1.82) is 0 Å². The summed E-state index contributed by atoms with van der Waals surface area (Å²) < 4.78 is 10.9. The molecule has 0 saturated carbocycles. The fourth-order valence-corrected chi connectivity index (χ4v) is 3.66. The van der Waals surface area contributed by atoms with E-state index in [-0.39, 0.29) is 0 Å². The van der Waals surface area contributed by atoms with Crippen molar-refractivity contribution in [2.45, 2.75) is 51.2 Å². The lowest BCUT2D eigenvalue weighted by Crippen LogP contribution is -2.41. The van der Waals surface area contributed by atoms with Crippen LogP contribution in [0, 0.1) is 0 Å². The molecule has 0 aliphatic rings. The van der Waals surface area contributed by atoms with Gasteiger partial charge in [-0.15, -0.1) is 11.3 Å². The van der Waals surface area contributed by atoms with Gasteiger partial charge in [0, 0.05) is 15.3 Å². The summed E-state index contributed by atoms with van der Waals surface area (Å²) in [4.78, 5) is 2.24. The molecule has 2 unspecified atom stereocenters. The maximum Gasteiger partial charge on any atom is 0.119 e. The molecule has 0 aliphatic heterocycles. The Labute approximate surface area is 154 Å². The fourth-order valence-electron chi connectivity index (χ4n) is 2.46. The number of thiophene rings is 1. The molecule has 0 radical (unpaired) electrons. The highest BCUT2D eigenvalue weighted by molar-refractivity contribution is 7.12. The van der Waals surface area contributed by atoms with Gasteiger partial charge in [-0.2, -0.15) is 0 Å². The first-order chi connectivity index (χ1) is 12.0. The molecule has 2 atom stereocenters. The summed E-state index contributed by atoms with van der Waals surface area (Å²) in [5, 5.41) is 10.4. The fraction of sp³-hybridized carbons (Fsp3) is 0.500. The van der Waals surface area contributed by atoms with Crippen LogP contribution < -0.4 is 15.2 Å². The van der Waals surface area contributed by atoms with Gasteiger partial charge in [0.25, 0.3) is 0 Å². The van der Waals surface area contributed by atoms with Crippen LogP contribution in [-0.2, 0) is 6.42 Å². The predicted molar refractivity (Wildman–Crippen MR) is 104 cm³/mol. The molecule has 5 heteroatoms. The largest absolute Gasteiger partial charge is 0.497 e. The summed E-state index contributed by atoms with van der Waals surface area (Å²) in [7, 11) is 1.65. The third-order valence-corrected chi connectivity index (χ3v) is 5.68. The highest BCUT2D eigenvalue weighted by Gasteiger charge is 2.28. The third kappa shape index (κ3) is 5.73. The van der Waals surface area contributed by atoms with Crippen molar-refractivity contribution in [2.24, 2.45) is 5.73 Å². The number of methoxy groups -OCH3 is 1. The second-order valence-electron chi connectivity index (χ2n) is 6.55. The highest BCUT2D eigenvalue weighted by Crippen LogP contribution is 2.32. The van der Waals surface area contributed by atoms with E-state index in [1.54, 1.807) is 18.4 Å². The quantitative estimate of drug-likeness (QED) is 0.617. The zero-order valence-corrected chi connectivity index (χ0v) is 16.1. The molecule has 0 aliphatic carbocycles. The summed E-state index contributed by atoms with van der Waals surface area (Å²) in [6.07, 6.45) is 3.18. The molecule has 0 saturated heterocycles. The van der Waals surface area contributed by atoms with Gasteiger partial charge < -0.3 is 20.3 Å². The summed E-state index contributed by atoms with van der Waals surface area (Å²) in [6.45, 7) is 4.60. The topological polar surface area (TPSA) is 64.7 Å². The van der Waals surface area contributed by atoms with Gasteiger partial charge in [-0.25, -0.2) is 0 Å². The van der Waals surface area contributed by atoms with Gasteiger partial charge >= 0.3 is 0 Å². The van der Waals surface area contributed by atoms with Crippen molar-refractivity contribution in [2.75, 3.05) is 13.7 Å². The van der Waals surface area contributed by atoms with Crippen molar-refractivity contribution < 1.29 is 14.6 Å². The van der Waals surface area contributed by atoms with Gasteiger partial charge in [-0.1, -0.05) is 6.92 Å². The number of aryl methyl sites for hydroxylation is 1. The Morgan fingerprint density at radius 2 is 1.80 bits per heavy atom. The van der Waals surface area contributed by atoms with Crippen molar-refractivity contribution >= 4 is 11.3 Å². The molecule has 0 fully saturated rings. The Morgan fingerprint density at radius 1 is 1.12 bits per heavy atom. The van der Waals surface area contributed by atoms with Crippen LogP contribution in [0.15, 0.2) is 36.4 Å². The smallest absolute Gasteiger partial charge is 0.119 e. The second kappa shape index (κ2) is 9.22. The number of ether oxygens (including phenoxy) is 2. The molecule has 0 amide bonds. The average molecular weight is 364 g/mol. The third-order valence-electron chi connectivity index (χ3n) is 4.48. The molecule has 1 aromatic carbocycles. The van der Waals surface area contributed by atoms with Gasteiger partial charge in [0.1, 0.15) is 17.6 Å². The second-order valence-corrected chi connectivity index (χ2v) is 7.75. The van der Waals surface area contributed by atoms with E-state index in [1.165, 1.54) is 4.88 Å². The van der Waals surface area contributed by atoms with Crippen LogP contribution in [0.3, 0.4) is 0 Å². The number of nitrogens with two attached hydrogens (primary N) is 1. The van der Waals surface area contributed by atoms with Crippen LogP contribution >= 0.6 is 11.3 Å². The highest BCUT2D eigenvalue weighted by atomic mass is 32.1. The Hall–Kier alpha value is -1.56. The molecular weight excluding hydrogens is 334 g/mol. The zero-order valence-electron chi connectivity index (χ0n) is 15.3. The minimum atomic E-state index is -0.602. The molecule has 1 aromatic heterocycles. The van der Waals surface area contributed by atoms with Crippen LogP contribution in [0.1, 0.15) is 49.0 Å². The van der Waals surface area contributed by atoms with E-state index in [9.17, 15) is 5.11 Å². The van der Waals surface area contributed by atoms with Gasteiger partial charge in [0.2, 0.25) is 0 Å². The number of aliphatic hydroxyl groups excluding tert-OH is 1.